The molecule has 0 aliphatic carbocycles. The summed E-state index contributed by atoms with van der Waals surface area (Å²) in [5.41, 5.74) is -0.516. The van der Waals surface area contributed by atoms with Gasteiger partial charge in [-0.15, -0.1) is 0 Å². The minimum Gasteiger partial charge on any atom is -0.480 e. The van der Waals surface area contributed by atoms with E-state index >= 15 is 0 Å². The van der Waals surface area contributed by atoms with E-state index in [1.54, 1.807) is 0 Å². The number of esters is 1. The van der Waals surface area contributed by atoms with Crippen LogP contribution in [0.5, 0.6) is 11.5 Å². The molecule has 0 bridgehead atoms. The predicted molar refractivity (Wildman–Crippen MR) is 119 cm³/mol. The van der Waals surface area contributed by atoms with E-state index in [4.69, 9.17) is 14.3 Å². The van der Waals surface area contributed by atoms with E-state index in [-0.39, 0.29) is 11.7 Å². The highest BCUT2D eigenvalue weighted by Gasteiger charge is 2.43. The molecule has 35 heavy (non-hydrogen) atoms. The highest BCUT2D eigenvalue weighted by Crippen LogP contribution is 2.34. The minimum atomic E-state index is -4.56. The molecule has 2 aliphatic heterocycles. The van der Waals surface area contributed by atoms with Crippen molar-refractivity contribution in [2.45, 2.75) is 31.9 Å². The Balaban J connectivity index is 1.42. The number of nitrogens with zero attached hydrogens (tertiary/aromatic N) is 2. The van der Waals surface area contributed by atoms with Gasteiger partial charge in [0.1, 0.15) is 6.34 Å². The lowest BCUT2D eigenvalue weighted by Crippen LogP contribution is -2.49. The summed E-state index contributed by atoms with van der Waals surface area (Å²) in [5.74, 6) is -1.61. The Bertz CT molecular complexity index is 854. The van der Waals surface area contributed by atoms with E-state index in [1.807, 2.05) is 0 Å². The maximum atomic E-state index is 14.0. The fourth-order valence-corrected chi connectivity index (χ4v) is 4.37. The molecule has 0 radical (unpaired) electrons. The van der Waals surface area contributed by atoms with Crippen LogP contribution in [-0.2, 0) is 14.3 Å². The first-order valence-electron chi connectivity index (χ1n) is 11.5. The number of oxime groups is 1. The molecule has 0 saturated carbocycles. The molecule has 0 spiro atoms. The van der Waals surface area contributed by atoms with Crippen molar-refractivity contribution in [1.82, 2.24) is 10.2 Å². The number of piperidine rings is 1. The van der Waals surface area contributed by atoms with Crippen LogP contribution in [0.15, 0.2) is 23.4 Å². The highest BCUT2D eigenvalue weighted by atomic mass is 19.4. The third-order valence-corrected chi connectivity index (χ3v) is 6.32. The molecule has 0 atom stereocenters. The lowest BCUT2D eigenvalue weighted by atomic mass is 9.79. The van der Waals surface area contributed by atoms with Crippen molar-refractivity contribution >= 4 is 12.3 Å². The van der Waals surface area contributed by atoms with Gasteiger partial charge >= 0.3 is 12.1 Å². The summed E-state index contributed by atoms with van der Waals surface area (Å²) >= 11 is 0. The van der Waals surface area contributed by atoms with Crippen molar-refractivity contribution in [3.63, 3.8) is 0 Å². The van der Waals surface area contributed by atoms with Gasteiger partial charge in [-0.25, -0.2) is 4.39 Å². The first-order valence-corrected chi connectivity index (χ1v) is 11.5. The second-order valence-corrected chi connectivity index (χ2v) is 8.81. The van der Waals surface area contributed by atoms with E-state index in [2.05, 4.69) is 20.1 Å². The van der Waals surface area contributed by atoms with Crippen molar-refractivity contribution in [2.75, 3.05) is 53.1 Å². The van der Waals surface area contributed by atoms with Crippen LogP contribution in [0.3, 0.4) is 0 Å². The summed E-state index contributed by atoms with van der Waals surface area (Å²) < 4.78 is 66.2. The van der Waals surface area contributed by atoms with Crippen molar-refractivity contribution in [1.29, 1.82) is 0 Å². The standard InChI is InChI=1S/C23H31F4N3O5/c1-32-21(31)22(7-11-33-12-8-22)14-30-9-5-17(6-10-30)13-28-16-29-35-20-18(24)3-2-4-19(20)34-15-23(25,26)27/h2-4,16-17H,5-15H2,1H3,(H,28,29). The number of ether oxygens (including phenoxy) is 3. The molecule has 8 nitrogen and oxygen atoms in total. The second-order valence-electron chi connectivity index (χ2n) is 8.81. The van der Waals surface area contributed by atoms with Gasteiger partial charge in [-0.1, -0.05) is 11.2 Å². The van der Waals surface area contributed by atoms with Gasteiger partial charge in [0.15, 0.2) is 18.2 Å². The molecular weight excluding hydrogens is 474 g/mol. The van der Waals surface area contributed by atoms with Crippen LogP contribution in [0.4, 0.5) is 17.6 Å². The van der Waals surface area contributed by atoms with Crippen LogP contribution in [-0.4, -0.2) is 76.5 Å². The largest absolute Gasteiger partial charge is 0.480 e. The Hall–Kier alpha value is -2.60. The maximum Gasteiger partial charge on any atom is 0.422 e. The van der Waals surface area contributed by atoms with Gasteiger partial charge < -0.3 is 29.3 Å². The molecule has 1 aromatic carbocycles. The van der Waals surface area contributed by atoms with Crippen molar-refractivity contribution in [2.24, 2.45) is 16.5 Å². The summed E-state index contributed by atoms with van der Waals surface area (Å²) in [5, 5.41) is 6.59. The number of carbonyl (C=O) groups is 1. The molecule has 196 valence electrons. The van der Waals surface area contributed by atoms with Crippen LogP contribution in [0, 0.1) is 17.2 Å². The first-order chi connectivity index (χ1) is 16.7. The second kappa shape index (κ2) is 12.4. The topological polar surface area (TPSA) is 81.6 Å². The smallest absolute Gasteiger partial charge is 0.422 e. The first kappa shape index (κ1) is 27.0. The lowest BCUT2D eigenvalue weighted by Gasteiger charge is -2.41. The molecule has 2 heterocycles. The number of hydrogen-bond acceptors (Lipinski definition) is 7. The minimum absolute atomic E-state index is 0.178. The molecule has 0 aromatic heterocycles. The quantitative estimate of drug-likeness (QED) is 0.172. The Labute approximate surface area is 201 Å². The van der Waals surface area contributed by atoms with Gasteiger partial charge in [0.2, 0.25) is 5.75 Å². The van der Waals surface area contributed by atoms with Crippen LogP contribution in [0.1, 0.15) is 25.7 Å². The summed E-state index contributed by atoms with van der Waals surface area (Å²) in [4.78, 5) is 19.7. The predicted octanol–water partition coefficient (Wildman–Crippen LogP) is 3.36. The normalized spacial score (nSPS) is 19.5. The van der Waals surface area contributed by atoms with Crippen molar-refractivity contribution in [3.05, 3.63) is 24.0 Å². The van der Waals surface area contributed by atoms with Crippen LogP contribution >= 0.6 is 0 Å². The zero-order valence-corrected chi connectivity index (χ0v) is 19.6. The molecule has 0 unspecified atom stereocenters. The van der Waals surface area contributed by atoms with E-state index in [9.17, 15) is 22.4 Å². The summed E-state index contributed by atoms with van der Waals surface area (Å²) in [7, 11) is 1.42. The average Bonchev–Trinajstić information content (AvgIpc) is 2.84. The third-order valence-electron chi connectivity index (χ3n) is 6.32. The fraction of sp³-hybridized carbons (Fsp3) is 0.652. The van der Waals surface area contributed by atoms with Crippen LogP contribution < -0.4 is 14.9 Å². The molecule has 3 rings (SSSR count). The summed E-state index contributed by atoms with van der Waals surface area (Å²) in [6.07, 6.45) is -0.184. The number of halogens is 4. The number of nitrogens with one attached hydrogen (secondary N) is 1. The Morgan fingerprint density at radius 3 is 2.66 bits per heavy atom. The van der Waals surface area contributed by atoms with E-state index in [0.29, 0.717) is 45.1 Å². The Morgan fingerprint density at radius 1 is 1.29 bits per heavy atom. The van der Waals surface area contributed by atoms with Gasteiger partial charge in [-0.05, 0) is 56.8 Å². The lowest BCUT2D eigenvalue weighted by molar-refractivity contribution is -0.160. The van der Waals surface area contributed by atoms with E-state index < -0.39 is 29.8 Å². The number of methoxy groups -OCH3 is 1. The Morgan fingerprint density at radius 2 is 2.00 bits per heavy atom. The van der Waals surface area contributed by atoms with Gasteiger partial charge in [0.05, 0.1) is 12.5 Å². The average molecular weight is 506 g/mol. The maximum absolute atomic E-state index is 14.0. The number of likely N-dealkylation sites (tertiary alicyclic amines) is 1. The number of para-hydroxylation sites is 1. The Kier molecular flexibility index (Phi) is 9.55. The monoisotopic (exact) mass is 505 g/mol. The molecule has 1 N–H and O–H groups in total. The molecule has 2 aliphatic rings. The summed E-state index contributed by atoms with van der Waals surface area (Å²) in [6, 6.07) is 3.43. The molecule has 12 heteroatoms. The molecule has 1 aromatic rings. The zero-order chi connectivity index (χ0) is 25.3. The number of alkyl halides is 3. The van der Waals surface area contributed by atoms with Gasteiger partial charge in [-0.2, -0.15) is 13.2 Å². The van der Waals surface area contributed by atoms with Gasteiger partial charge in [0, 0.05) is 26.3 Å². The van der Waals surface area contributed by atoms with Gasteiger partial charge in [0.25, 0.3) is 0 Å². The number of hydrogen-bond donors (Lipinski definition) is 1. The summed E-state index contributed by atoms with van der Waals surface area (Å²) in [6.45, 7) is 2.48. The van der Waals surface area contributed by atoms with Crippen LogP contribution in [0.25, 0.3) is 0 Å². The highest BCUT2D eigenvalue weighted by molar-refractivity contribution is 5.77. The SMILES string of the molecule is COC(=O)C1(CN2CCC(CNC=NOc3c(F)cccc3OCC(F)(F)F)CC2)CCOCC1. The number of carbonyl (C=O) groups excluding carboxylic acids is 1. The molecule has 2 saturated heterocycles. The van der Waals surface area contributed by atoms with E-state index in [0.717, 1.165) is 32.0 Å². The van der Waals surface area contributed by atoms with Gasteiger partial charge in [-0.3, -0.25) is 4.79 Å². The number of benzene rings is 1. The van der Waals surface area contributed by atoms with Crippen molar-refractivity contribution in [3.8, 4) is 11.5 Å². The number of rotatable bonds is 10. The molecular formula is C23H31F4N3O5. The van der Waals surface area contributed by atoms with Crippen LogP contribution in [0.2, 0.25) is 0 Å². The van der Waals surface area contributed by atoms with Crippen molar-refractivity contribution < 1.29 is 41.4 Å². The zero-order valence-electron chi connectivity index (χ0n) is 19.6. The third kappa shape index (κ3) is 7.96. The van der Waals surface area contributed by atoms with E-state index in [1.165, 1.54) is 25.6 Å². The molecule has 2 fully saturated rings. The molecule has 0 amide bonds. The fourth-order valence-electron chi connectivity index (χ4n) is 4.37.